The number of amides is 1. The molecule has 0 unspecified atom stereocenters. The van der Waals surface area contributed by atoms with Gasteiger partial charge in [0.05, 0.1) is 25.4 Å². The lowest BCUT2D eigenvalue weighted by Gasteiger charge is -2.50. The summed E-state index contributed by atoms with van der Waals surface area (Å²) in [6, 6.07) is 5.87. The first-order valence-corrected chi connectivity index (χ1v) is 9.08. The maximum atomic E-state index is 12.3. The predicted octanol–water partition coefficient (Wildman–Crippen LogP) is 2.26. The summed E-state index contributed by atoms with van der Waals surface area (Å²) in [6.45, 7) is 5.81. The maximum absolute atomic E-state index is 12.3. The average molecular weight is 330 g/mol. The molecule has 0 bridgehead atoms. The van der Waals surface area contributed by atoms with E-state index in [9.17, 15) is 4.79 Å². The van der Waals surface area contributed by atoms with E-state index in [4.69, 9.17) is 9.47 Å². The van der Waals surface area contributed by atoms with Gasteiger partial charge in [-0.25, -0.2) is 0 Å². The van der Waals surface area contributed by atoms with Crippen molar-refractivity contribution in [1.82, 2.24) is 9.88 Å². The Kier molecular flexibility index (Phi) is 4.31. The number of ether oxygens (including phenoxy) is 2. The zero-order valence-electron chi connectivity index (χ0n) is 14.3. The molecule has 1 aromatic rings. The van der Waals surface area contributed by atoms with Crippen LogP contribution in [0.2, 0.25) is 0 Å². The van der Waals surface area contributed by atoms with E-state index in [-0.39, 0.29) is 11.5 Å². The van der Waals surface area contributed by atoms with Crippen molar-refractivity contribution in [2.75, 3.05) is 26.3 Å². The van der Waals surface area contributed by atoms with Crippen molar-refractivity contribution in [3.8, 4) is 0 Å². The second kappa shape index (κ2) is 6.45. The molecule has 24 heavy (non-hydrogen) atoms. The molecule has 3 heterocycles. The lowest BCUT2D eigenvalue weighted by Crippen LogP contribution is -2.66. The van der Waals surface area contributed by atoms with E-state index in [0.717, 1.165) is 51.3 Å². The predicted molar refractivity (Wildman–Crippen MR) is 89.2 cm³/mol. The zero-order chi connectivity index (χ0) is 16.6. The second-order valence-electron chi connectivity index (χ2n) is 7.57. The molecule has 0 radical (unpaired) electrons. The summed E-state index contributed by atoms with van der Waals surface area (Å²) in [5.74, 6) is 1.70. The van der Waals surface area contributed by atoms with Crippen LogP contribution in [0.4, 0.5) is 0 Å². The third-order valence-corrected chi connectivity index (χ3v) is 5.84. The molecule has 1 saturated carbocycles. The van der Waals surface area contributed by atoms with E-state index in [1.807, 2.05) is 23.1 Å². The van der Waals surface area contributed by atoms with Gasteiger partial charge in [0.1, 0.15) is 5.60 Å². The third kappa shape index (κ3) is 3.07. The van der Waals surface area contributed by atoms with E-state index < -0.39 is 0 Å². The summed E-state index contributed by atoms with van der Waals surface area (Å²) in [5, 5.41) is 0. The van der Waals surface area contributed by atoms with Gasteiger partial charge < -0.3 is 14.4 Å². The second-order valence-corrected chi connectivity index (χ2v) is 7.57. The largest absolute Gasteiger partial charge is 0.375 e. The summed E-state index contributed by atoms with van der Waals surface area (Å²) in [7, 11) is 0. The van der Waals surface area contributed by atoms with E-state index in [0.29, 0.717) is 24.3 Å². The Morgan fingerprint density at radius 2 is 2.29 bits per heavy atom. The number of nitrogens with zero attached hydrogens (tertiary/aromatic N) is 2. The molecule has 2 saturated heterocycles. The maximum Gasteiger partial charge on any atom is 0.226 e. The Morgan fingerprint density at radius 3 is 3.00 bits per heavy atom. The van der Waals surface area contributed by atoms with Gasteiger partial charge in [-0.15, -0.1) is 0 Å². The smallest absolute Gasteiger partial charge is 0.226 e. The molecule has 5 nitrogen and oxygen atoms in total. The number of hydrogen-bond donors (Lipinski definition) is 0. The van der Waals surface area contributed by atoms with Crippen LogP contribution in [0.3, 0.4) is 0 Å². The van der Waals surface area contributed by atoms with Gasteiger partial charge in [-0.3, -0.25) is 9.78 Å². The van der Waals surface area contributed by atoms with Crippen LogP contribution in [-0.2, 0) is 20.9 Å². The normalized spacial score (nSPS) is 30.4. The number of aromatic nitrogens is 1. The minimum atomic E-state index is -0.0951. The van der Waals surface area contributed by atoms with Crippen molar-refractivity contribution in [2.24, 2.45) is 17.8 Å². The van der Waals surface area contributed by atoms with Gasteiger partial charge >= 0.3 is 0 Å². The molecule has 1 amide bonds. The molecule has 4 rings (SSSR count). The summed E-state index contributed by atoms with van der Waals surface area (Å²) in [4.78, 5) is 18.6. The monoisotopic (exact) mass is 330 g/mol. The lowest BCUT2D eigenvalue weighted by atomic mass is 9.79. The van der Waals surface area contributed by atoms with Crippen molar-refractivity contribution in [1.29, 1.82) is 0 Å². The lowest BCUT2D eigenvalue weighted by molar-refractivity contribution is -0.167. The van der Waals surface area contributed by atoms with Crippen LogP contribution in [-0.4, -0.2) is 47.7 Å². The van der Waals surface area contributed by atoms with Crippen LogP contribution < -0.4 is 0 Å². The number of likely N-dealkylation sites (tertiary alicyclic amines) is 1. The van der Waals surface area contributed by atoms with E-state index >= 15 is 0 Å². The van der Waals surface area contributed by atoms with Crippen molar-refractivity contribution >= 4 is 5.91 Å². The molecule has 3 aliphatic rings. The van der Waals surface area contributed by atoms with Crippen molar-refractivity contribution in [3.63, 3.8) is 0 Å². The molecule has 130 valence electrons. The quantitative estimate of drug-likeness (QED) is 0.751. The molecule has 1 aliphatic carbocycles. The summed E-state index contributed by atoms with van der Waals surface area (Å²) < 4.78 is 11.8. The molecule has 5 heteroatoms. The summed E-state index contributed by atoms with van der Waals surface area (Å²) >= 11 is 0. The first kappa shape index (κ1) is 16.0. The van der Waals surface area contributed by atoms with E-state index in [2.05, 4.69) is 11.9 Å². The molecule has 1 spiro atoms. The van der Waals surface area contributed by atoms with Crippen molar-refractivity contribution < 1.29 is 14.3 Å². The average Bonchev–Trinajstić information content (AvgIpc) is 3.14. The van der Waals surface area contributed by atoms with Crippen LogP contribution in [0.1, 0.15) is 31.9 Å². The summed E-state index contributed by atoms with van der Waals surface area (Å²) in [5.41, 5.74) is 0.871. The van der Waals surface area contributed by atoms with Gasteiger partial charge in [0.15, 0.2) is 0 Å². The zero-order valence-corrected chi connectivity index (χ0v) is 14.3. The van der Waals surface area contributed by atoms with Gasteiger partial charge in [-0.1, -0.05) is 13.0 Å². The number of carbonyl (C=O) groups is 1. The number of rotatable bonds is 6. The molecule has 2 aliphatic heterocycles. The summed E-state index contributed by atoms with van der Waals surface area (Å²) in [6.07, 6.45) is 4.93. The minimum absolute atomic E-state index is 0.0951. The first-order valence-electron chi connectivity index (χ1n) is 9.08. The molecule has 0 N–H and O–H groups in total. The molecule has 3 atom stereocenters. The van der Waals surface area contributed by atoms with Crippen LogP contribution in [0.15, 0.2) is 24.4 Å². The molecule has 1 aromatic heterocycles. The van der Waals surface area contributed by atoms with E-state index in [1.165, 1.54) is 0 Å². The van der Waals surface area contributed by atoms with E-state index in [1.54, 1.807) is 6.20 Å². The topological polar surface area (TPSA) is 51.7 Å². The Labute approximate surface area is 143 Å². The Bertz CT molecular complexity index is 586. The standard InChI is InChI=1S/C19H26N2O3/c1-14-10-17(14)18(22)21-12-19(13-21)15(6-9-24-19)5-8-23-11-16-4-2-3-7-20-16/h2-4,7,14-15,17H,5-6,8-13H2,1H3/t14-,15+,17+/m1/s1. The van der Waals surface area contributed by atoms with Crippen LogP contribution in [0.25, 0.3) is 0 Å². The Morgan fingerprint density at radius 1 is 1.46 bits per heavy atom. The van der Waals surface area contributed by atoms with Crippen molar-refractivity contribution in [3.05, 3.63) is 30.1 Å². The van der Waals surface area contributed by atoms with Gasteiger partial charge in [-0.05, 0) is 43.2 Å². The van der Waals surface area contributed by atoms with Crippen LogP contribution in [0, 0.1) is 17.8 Å². The highest BCUT2D eigenvalue weighted by molar-refractivity contribution is 5.82. The molecular weight excluding hydrogens is 304 g/mol. The molecule has 0 aromatic carbocycles. The highest BCUT2D eigenvalue weighted by Gasteiger charge is 2.56. The fourth-order valence-corrected chi connectivity index (χ4v) is 4.08. The minimum Gasteiger partial charge on any atom is -0.375 e. The van der Waals surface area contributed by atoms with Gasteiger partial charge in [0.2, 0.25) is 5.91 Å². The highest BCUT2D eigenvalue weighted by Crippen LogP contribution is 2.45. The fourth-order valence-electron chi connectivity index (χ4n) is 4.08. The Balaban J connectivity index is 1.22. The SMILES string of the molecule is C[C@@H]1C[C@@H]1C(=O)N1CC2(C1)OCC[C@@H]2CCOCc1ccccn1. The van der Waals surface area contributed by atoms with Gasteiger partial charge in [0, 0.05) is 25.3 Å². The van der Waals surface area contributed by atoms with Gasteiger partial charge in [0.25, 0.3) is 0 Å². The third-order valence-electron chi connectivity index (χ3n) is 5.84. The van der Waals surface area contributed by atoms with Crippen molar-refractivity contribution in [2.45, 2.75) is 38.4 Å². The fraction of sp³-hybridized carbons (Fsp3) is 0.684. The number of pyridine rings is 1. The number of hydrogen-bond acceptors (Lipinski definition) is 4. The highest BCUT2D eigenvalue weighted by atomic mass is 16.5. The Hall–Kier alpha value is -1.46. The van der Waals surface area contributed by atoms with Crippen LogP contribution >= 0.6 is 0 Å². The van der Waals surface area contributed by atoms with Gasteiger partial charge in [-0.2, -0.15) is 0 Å². The molecule has 3 fully saturated rings. The number of carbonyl (C=O) groups excluding carboxylic acids is 1. The van der Waals surface area contributed by atoms with Crippen LogP contribution in [0.5, 0.6) is 0 Å². The first-order chi connectivity index (χ1) is 11.7. The molecular formula is C19H26N2O3.